The van der Waals surface area contributed by atoms with Crippen molar-refractivity contribution in [2.24, 2.45) is 0 Å². The van der Waals surface area contributed by atoms with Gasteiger partial charge >= 0.3 is 6.18 Å². The van der Waals surface area contributed by atoms with Crippen LogP contribution in [0.15, 0.2) is 24.3 Å². The lowest BCUT2D eigenvalue weighted by molar-refractivity contribution is -0.139. The molecule has 1 saturated heterocycles. The van der Waals surface area contributed by atoms with Gasteiger partial charge in [-0.1, -0.05) is 12.1 Å². The van der Waals surface area contributed by atoms with E-state index in [1.807, 2.05) is 0 Å². The van der Waals surface area contributed by atoms with E-state index < -0.39 is 17.8 Å². The SMILES string of the molecule is CNCC(=O)NC1CCCN(Cc2cccc(C(F)(F)F)c2)C1=O.Cl. The Bertz CT molecular complexity index is 611. The number of rotatable bonds is 5. The molecule has 0 radical (unpaired) electrons. The third-order valence-electron chi connectivity index (χ3n) is 3.83. The first kappa shape index (κ1) is 21.2. The fourth-order valence-electron chi connectivity index (χ4n) is 2.70. The van der Waals surface area contributed by atoms with Crippen LogP contribution in [0.1, 0.15) is 24.0 Å². The third-order valence-corrected chi connectivity index (χ3v) is 3.83. The van der Waals surface area contributed by atoms with Gasteiger partial charge < -0.3 is 15.5 Å². The molecule has 1 aliphatic rings. The molecule has 2 rings (SSSR count). The molecule has 1 aromatic carbocycles. The molecule has 25 heavy (non-hydrogen) atoms. The normalized spacial score (nSPS) is 17.8. The predicted molar refractivity (Wildman–Crippen MR) is 89.2 cm³/mol. The number of carbonyl (C=O) groups is 2. The van der Waals surface area contributed by atoms with Crippen molar-refractivity contribution >= 4 is 24.2 Å². The Kier molecular flexibility index (Phi) is 7.69. The van der Waals surface area contributed by atoms with Gasteiger partial charge in [0, 0.05) is 13.1 Å². The van der Waals surface area contributed by atoms with Crippen LogP contribution < -0.4 is 10.6 Å². The van der Waals surface area contributed by atoms with E-state index in [4.69, 9.17) is 0 Å². The summed E-state index contributed by atoms with van der Waals surface area (Å²) in [6.45, 7) is 0.673. The minimum atomic E-state index is -4.41. The second kappa shape index (κ2) is 9.05. The van der Waals surface area contributed by atoms with Crippen LogP contribution in [0.5, 0.6) is 0 Å². The zero-order valence-electron chi connectivity index (χ0n) is 13.7. The average molecular weight is 380 g/mol. The highest BCUT2D eigenvalue weighted by atomic mass is 35.5. The van der Waals surface area contributed by atoms with Gasteiger partial charge in [0.15, 0.2) is 0 Å². The van der Waals surface area contributed by atoms with Gasteiger partial charge in [0.2, 0.25) is 11.8 Å². The predicted octanol–water partition coefficient (Wildman–Crippen LogP) is 1.95. The van der Waals surface area contributed by atoms with Crippen molar-refractivity contribution in [3.8, 4) is 0 Å². The molecule has 0 saturated carbocycles. The smallest absolute Gasteiger partial charge is 0.343 e. The number of carbonyl (C=O) groups excluding carboxylic acids is 2. The van der Waals surface area contributed by atoms with Gasteiger partial charge in [0.05, 0.1) is 12.1 Å². The number of halogens is 4. The molecule has 5 nitrogen and oxygen atoms in total. The number of likely N-dealkylation sites (tertiary alicyclic amines) is 1. The highest BCUT2D eigenvalue weighted by molar-refractivity contribution is 5.88. The number of likely N-dealkylation sites (N-methyl/N-ethyl adjacent to an activating group) is 1. The Morgan fingerprint density at radius 2 is 2.08 bits per heavy atom. The first-order valence-electron chi connectivity index (χ1n) is 7.70. The van der Waals surface area contributed by atoms with Gasteiger partial charge in [0.25, 0.3) is 0 Å². The van der Waals surface area contributed by atoms with Crippen molar-refractivity contribution in [2.45, 2.75) is 31.6 Å². The molecule has 0 aromatic heterocycles. The molecule has 1 heterocycles. The molecule has 1 fully saturated rings. The number of nitrogens with zero attached hydrogens (tertiary/aromatic N) is 1. The summed E-state index contributed by atoms with van der Waals surface area (Å²) in [5, 5.41) is 5.35. The third kappa shape index (κ3) is 5.89. The summed E-state index contributed by atoms with van der Waals surface area (Å²) in [6.07, 6.45) is -3.19. The van der Waals surface area contributed by atoms with Gasteiger partial charge in [-0.25, -0.2) is 0 Å². The van der Waals surface area contributed by atoms with Gasteiger partial charge in [0.1, 0.15) is 6.04 Å². The molecular weight excluding hydrogens is 359 g/mol. The minimum Gasteiger partial charge on any atom is -0.343 e. The van der Waals surface area contributed by atoms with E-state index in [2.05, 4.69) is 10.6 Å². The maximum Gasteiger partial charge on any atom is 0.416 e. The number of piperidine rings is 1. The average Bonchev–Trinajstić information content (AvgIpc) is 2.51. The summed E-state index contributed by atoms with van der Waals surface area (Å²) in [5.41, 5.74) is -0.316. The standard InChI is InChI=1S/C16H20F3N3O2.ClH/c1-20-9-14(23)21-13-6-3-7-22(15(13)24)10-11-4-2-5-12(8-11)16(17,18)19;/h2,4-5,8,13,20H,3,6-7,9-10H2,1H3,(H,21,23);1H. The number of hydrogen-bond acceptors (Lipinski definition) is 3. The number of amides is 2. The van der Waals surface area contributed by atoms with Gasteiger partial charge in [-0.15, -0.1) is 12.4 Å². The summed E-state index contributed by atoms with van der Waals surface area (Å²) in [6, 6.07) is 4.33. The monoisotopic (exact) mass is 379 g/mol. The van der Waals surface area contributed by atoms with Crippen LogP contribution in [0, 0.1) is 0 Å². The van der Waals surface area contributed by atoms with Crippen LogP contribution in [0.25, 0.3) is 0 Å². The minimum absolute atomic E-state index is 0. The lowest BCUT2D eigenvalue weighted by atomic mass is 10.0. The van der Waals surface area contributed by atoms with Crippen LogP contribution >= 0.6 is 12.4 Å². The van der Waals surface area contributed by atoms with E-state index in [0.717, 1.165) is 12.1 Å². The highest BCUT2D eigenvalue weighted by Gasteiger charge is 2.32. The lowest BCUT2D eigenvalue weighted by Crippen LogP contribution is -2.53. The van der Waals surface area contributed by atoms with Crippen LogP contribution in [0.3, 0.4) is 0 Å². The molecule has 140 valence electrons. The van der Waals surface area contributed by atoms with E-state index in [-0.39, 0.29) is 37.3 Å². The fourth-order valence-corrected chi connectivity index (χ4v) is 2.70. The second-order valence-corrected chi connectivity index (χ2v) is 5.75. The van der Waals surface area contributed by atoms with Crippen LogP contribution in [0.4, 0.5) is 13.2 Å². The summed E-state index contributed by atoms with van der Waals surface area (Å²) < 4.78 is 38.3. The molecular formula is C16H21ClF3N3O2. The zero-order chi connectivity index (χ0) is 17.7. The van der Waals surface area contributed by atoms with Crippen molar-refractivity contribution < 1.29 is 22.8 Å². The Morgan fingerprint density at radius 1 is 1.36 bits per heavy atom. The summed E-state index contributed by atoms with van der Waals surface area (Å²) in [5.74, 6) is -0.542. The number of benzene rings is 1. The number of nitrogens with one attached hydrogen (secondary N) is 2. The van der Waals surface area contributed by atoms with E-state index >= 15 is 0 Å². The Morgan fingerprint density at radius 3 is 2.72 bits per heavy atom. The van der Waals surface area contributed by atoms with E-state index in [1.165, 1.54) is 11.0 Å². The van der Waals surface area contributed by atoms with Gasteiger partial charge in [-0.05, 0) is 37.6 Å². The molecule has 1 aromatic rings. The molecule has 1 unspecified atom stereocenters. The quantitative estimate of drug-likeness (QED) is 0.822. The molecule has 1 atom stereocenters. The van der Waals surface area contributed by atoms with Crippen molar-refractivity contribution in [3.05, 3.63) is 35.4 Å². The number of hydrogen-bond donors (Lipinski definition) is 2. The molecule has 0 bridgehead atoms. The number of alkyl halides is 3. The zero-order valence-corrected chi connectivity index (χ0v) is 14.5. The first-order valence-corrected chi connectivity index (χ1v) is 7.70. The highest BCUT2D eigenvalue weighted by Crippen LogP contribution is 2.30. The largest absolute Gasteiger partial charge is 0.416 e. The molecule has 1 aliphatic heterocycles. The Balaban J connectivity index is 0.00000312. The summed E-state index contributed by atoms with van der Waals surface area (Å²) in [7, 11) is 1.63. The maximum atomic E-state index is 12.8. The molecule has 9 heteroatoms. The van der Waals surface area contributed by atoms with E-state index in [0.29, 0.717) is 24.9 Å². The van der Waals surface area contributed by atoms with Crippen LogP contribution in [0.2, 0.25) is 0 Å². The fraction of sp³-hybridized carbons (Fsp3) is 0.500. The summed E-state index contributed by atoms with van der Waals surface area (Å²) >= 11 is 0. The Hall–Kier alpha value is -1.80. The van der Waals surface area contributed by atoms with E-state index in [9.17, 15) is 22.8 Å². The second-order valence-electron chi connectivity index (χ2n) is 5.75. The van der Waals surface area contributed by atoms with Crippen LogP contribution in [-0.2, 0) is 22.3 Å². The van der Waals surface area contributed by atoms with E-state index in [1.54, 1.807) is 13.1 Å². The molecule has 2 amide bonds. The topological polar surface area (TPSA) is 61.4 Å². The van der Waals surface area contributed by atoms with Gasteiger partial charge in [-0.2, -0.15) is 13.2 Å². The Labute approximate surface area is 150 Å². The maximum absolute atomic E-state index is 12.8. The van der Waals surface area contributed by atoms with Crippen LogP contribution in [-0.4, -0.2) is 42.9 Å². The van der Waals surface area contributed by atoms with Crippen molar-refractivity contribution in [1.82, 2.24) is 15.5 Å². The van der Waals surface area contributed by atoms with Crippen molar-refractivity contribution in [2.75, 3.05) is 20.1 Å². The lowest BCUT2D eigenvalue weighted by Gasteiger charge is -2.32. The molecule has 0 aliphatic carbocycles. The summed E-state index contributed by atoms with van der Waals surface area (Å²) in [4.78, 5) is 25.5. The van der Waals surface area contributed by atoms with Crippen molar-refractivity contribution in [1.29, 1.82) is 0 Å². The molecule has 0 spiro atoms. The molecule has 2 N–H and O–H groups in total. The van der Waals surface area contributed by atoms with Crippen molar-refractivity contribution in [3.63, 3.8) is 0 Å². The first-order chi connectivity index (χ1) is 11.3. The van der Waals surface area contributed by atoms with Gasteiger partial charge in [-0.3, -0.25) is 9.59 Å².